The molecule has 2 aromatic rings. The summed E-state index contributed by atoms with van der Waals surface area (Å²) in [6.45, 7) is 2.29. The van der Waals surface area contributed by atoms with Gasteiger partial charge in [0.05, 0.1) is 17.7 Å². The van der Waals surface area contributed by atoms with E-state index in [-0.39, 0.29) is 10.5 Å². The minimum atomic E-state index is -3.88. The SMILES string of the molecule is CCOc1ccc(S(=O)(=O)NN=Cc2ccc(F)cc2F)cc1. The van der Waals surface area contributed by atoms with Crippen molar-refractivity contribution in [2.45, 2.75) is 11.8 Å². The summed E-state index contributed by atoms with van der Waals surface area (Å²) in [5.74, 6) is -1.02. The summed E-state index contributed by atoms with van der Waals surface area (Å²) in [6, 6.07) is 8.64. The average molecular weight is 340 g/mol. The second-order valence-electron chi connectivity index (χ2n) is 4.42. The number of benzene rings is 2. The number of rotatable bonds is 6. The molecule has 0 bridgehead atoms. The molecule has 0 aromatic heterocycles. The van der Waals surface area contributed by atoms with Gasteiger partial charge in [-0.1, -0.05) is 0 Å². The molecule has 2 aromatic carbocycles. The Balaban J connectivity index is 2.10. The van der Waals surface area contributed by atoms with E-state index in [1.807, 2.05) is 11.8 Å². The van der Waals surface area contributed by atoms with Crippen molar-refractivity contribution in [1.29, 1.82) is 0 Å². The van der Waals surface area contributed by atoms with Crippen LogP contribution in [0.1, 0.15) is 12.5 Å². The third kappa shape index (κ3) is 4.49. The molecule has 0 heterocycles. The van der Waals surface area contributed by atoms with Crippen LogP contribution in [-0.2, 0) is 10.0 Å². The standard InChI is InChI=1S/C15H14F2N2O3S/c1-2-22-13-5-7-14(8-6-13)23(20,21)19-18-10-11-3-4-12(16)9-15(11)17/h3-10,19H,2H2,1H3. The van der Waals surface area contributed by atoms with Gasteiger partial charge in [-0.2, -0.15) is 13.5 Å². The molecule has 2 rings (SSSR count). The fourth-order valence-electron chi connectivity index (χ4n) is 1.71. The Hall–Kier alpha value is -2.48. The predicted molar refractivity (Wildman–Crippen MR) is 81.9 cm³/mol. The van der Waals surface area contributed by atoms with Crippen LogP contribution in [0.5, 0.6) is 5.75 Å². The summed E-state index contributed by atoms with van der Waals surface area (Å²) in [5.41, 5.74) is -0.0409. The molecule has 0 saturated heterocycles. The Morgan fingerprint density at radius 1 is 1.17 bits per heavy atom. The largest absolute Gasteiger partial charge is 0.494 e. The van der Waals surface area contributed by atoms with Crippen molar-refractivity contribution in [3.05, 3.63) is 59.7 Å². The van der Waals surface area contributed by atoms with Crippen LogP contribution in [0.3, 0.4) is 0 Å². The van der Waals surface area contributed by atoms with Crippen molar-refractivity contribution < 1.29 is 21.9 Å². The lowest BCUT2D eigenvalue weighted by Gasteiger charge is -2.05. The Morgan fingerprint density at radius 3 is 2.48 bits per heavy atom. The lowest BCUT2D eigenvalue weighted by atomic mass is 10.2. The highest BCUT2D eigenvalue weighted by molar-refractivity contribution is 7.89. The van der Waals surface area contributed by atoms with Gasteiger partial charge in [-0.15, -0.1) is 0 Å². The zero-order chi connectivity index (χ0) is 16.9. The zero-order valence-corrected chi connectivity index (χ0v) is 13.0. The van der Waals surface area contributed by atoms with Crippen molar-refractivity contribution in [3.63, 3.8) is 0 Å². The number of sulfonamides is 1. The lowest BCUT2D eigenvalue weighted by molar-refractivity contribution is 0.340. The Morgan fingerprint density at radius 2 is 1.87 bits per heavy atom. The molecular formula is C15H14F2N2O3S. The van der Waals surface area contributed by atoms with E-state index in [1.165, 1.54) is 24.3 Å². The van der Waals surface area contributed by atoms with Gasteiger partial charge in [0, 0.05) is 11.6 Å². The van der Waals surface area contributed by atoms with Crippen LogP contribution in [0.4, 0.5) is 8.78 Å². The first-order chi connectivity index (χ1) is 10.9. The van der Waals surface area contributed by atoms with Gasteiger partial charge in [0.2, 0.25) is 0 Å². The molecule has 5 nitrogen and oxygen atoms in total. The minimum absolute atomic E-state index is 0.0160. The molecule has 0 aliphatic heterocycles. The van der Waals surface area contributed by atoms with Gasteiger partial charge in [0.25, 0.3) is 10.0 Å². The maximum Gasteiger partial charge on any atom is 0.276 e. The van der Waals surface area contributed by atoms with Gasteiger partial charge in [-0.05, 0) is 43.3 Å². The highest BCUT2D eigenvalue weighted by Crippen LogP contribution is 2.15. The molecule has 0 saturated carbocycles. The van der Waals surface area contributed by atoms with Gasteiger partial charge in [0.15, 0.2) is 0 Å². The van der Waals surface area contributed by atoms with Crippen LogP contribution in [0.15, 0.2) is 52.5 Å². The maximum absolute atomic E-state index is 13.4. The molecule has 8 heteroatoms. The zero-order valence-electron chi connectivity index (χ0n) is 12.2. The van der Waals surface area contributed by atoms with Crippen LogP contribution in [-0.4, -0.2) is 21.2 Å². The lowest BCUT2D eigenvalue weighted by Crippen LogP contribution is -2.18. The van der Waals surface area contributed by atoms with Crippen molar-refractivity contribution in [2.75, 3.05) is 6.61 Å². The predicted octanol–water partition coefficient (Wildman–Crippen LogP) is 2.68. The summed E-state index contributed by atoms with van der Waals surface area (Å²) < 4.78 is 55.4. The van der Waals surface area contributed by atoms with Crippen LogP contribution in [0, 0.1) is 11.6 Å². The topological polar surface area (TPSA) is 67.8 Å². The Bertz CT molecular complexity index is 806. The number of hydrogen-bond donors (Lipinski definition) is 1. The van der Waals surface area contributed by atoms with E-state index < -0.39 is 21.7 Å². The molecule has 0 fully saturated rings. The molecule has 1 N–H and O–H groups in total. The van der Waals surface area contributed by atoms with Crippen LogP contribution in [0.25, 0.3) is 0 Å². The van der Waals surface area contributed by atoms with Crippen LogP contribution >= 0.6 is 0 Å². The Kier molecular flexibility index (Phi) is 5.28. The molecular weight excluding hydrogens is 326 g/mol. The third-order valence-electron chi connectivity index (χ3n) is 2.78. The fourth-order valence-corrected chi connectivity index (χ4v) is 2.50. The van der Waals surface area contributed by atoms with E-state index in [2.05, 4.69) is 5.10 Å². The summed E-state index contributed by atoms with van der Waals surface area (Å²) in [6.07, 6.45) is 0.959. The first kappa shape index (κ1) is 16.9. The van der Waals surface area contributed by atoms with Crippen molar-refractivity contribution in [2.24, 2.45) is 5.10 Å². The van der Waals surface area contributed by atoms with Gasteiger partial charge in [0.1, 0.15) is 17.4 Å². The highest BCUT2D eigenvalue weighted by atomic mass is 32.2. The molecule has 23 heavy (non-hydrogen) atoms. The van der Waals surface area contributed by atoms with E-state index in [0.29, 0.717) is 18.4 Å². The van der Waals surface area contributed by atoms with Gasteiger partial charge in [-0.25, -0.2) is 13.6 Å². The summed E-state index contributed by atoms with van der Waals surface area (Å²) in [7, 11) is -3.88. The van der Waals surface area contributed by atoms with Gasteiger partial charge >= 0.3 is 0 Å². The van der Waals surface area contributed by atoms with E-state index in [4.69, 9.17) is 4.74 Å². The van der Waals surface area contributed by atoms with Crippen molar-refractivity contribution >= 4 is 16.2 Å². The molecule has 122 valence electrons. The maximum atomic E-state index is 13.4. The van der Waals surface area contributed by atoms with Crippen LogP contribution in [0.2, 0.25) is 0 Å². The number of ether oxygens (including phenoxy) is 1. The molecule has 0 aliphatic rings. The Labute approximate surface area is 132 Å². The van der Waals surface area contributed by atoms with E-state index in [0.717, 1.165) is 18.3 Å². The second-order valence-corrected chi connectivity index (χ2v) is 6.08. The molecule has 0 spiro atoms. The third-order valence-corrected chi connectivity index (χ3v) is 4.02. The molecule has 0 radical (unpaired) electrons. The van der Waals surface area contributed by atoms with Crippen molar-refractivity contribution in [3.8, 4) is 5.75 Å². The van der Waals surface area contributed by atoms with Crippen molar-refractivity contribution in [1.82, 2.24) is 4.83 Å². The molecule has 0 aliphatic carbocycles. The molecule has 0 atom stereocenters. The van der Waals surface area contributed by atoms with E-state index in [9.17, 15) is 17.2 Å². The van der Waals surface area contributed by atoms with Crippen LogP contribution < -0.4 is 9.57 Å². The summed E-state index contributed by atoms with van der Waals surface area (Å²) in [4.78, 5) is 1.94. The quantitative estimate of drug-likeness (QED) is 0.649. The molecule has 0 amide bonds. The highest BCUT2D eigenvalue weighted by Gasteiger charge is 2.12. The fraction of sp³-hybridized carbons (Fsp3) is 0.133. The molecule has 0 unspecified atom stereocenters. The number of nitrogens with zero attached hydrogens (tertiary/aromatic N) is 1. The number of halogens is 2. The smallest absolute Gasteiger partial charge is 0.276 e. The number of nitrogens with one attached hydrogen (secondary N) is 1. The van der Waals surface area contributed by atoms with E-state index >= 15 is 0 Å². The normalized spacial score (nSPS) is 11.6. The first-order valence-corrected chi connectivity index (χ1v) is 8.13. The summed E-state index contributed by atoms with van der Waals surface area (Å²) >= 11 is 0. The minimum Gasteiger partial charge on any atom is -0.494 e. The van der Waals surface area contributed by atoms with E-state index in [1.54, 1.807) is 0 Å². The van der Waals surface area contributed by atoms with Gasteiger partial charge < -0.3 is 4.74 Å². The number of hydrazone groups is 1. The number of hydrogen-bond acceptors (Lipinski definition) is 4. The second kappa shape index (κ2) is 7.19. The summed E-state index contributed by atoms with van der Waals surface area (Å²) in [5, 5.41) is 3.48. The monoisotopic (exact) mass is 340 g/mol. The first-order valence-electron chi connectivity index (χ1n) is 6.65. The average Bonchev–Trinajstić information content (AvgIpc) is 2.50. The van der Waals surface area contributed by atoms with Gasteiger partial charge in [-0.3, -0.25) is 0 Å².